The van der Waals surface area contributed by atoms with E-state index in [0.29, 0.717) is 35.2 Å². The highest BCUT2D eigenvalue weighted by Gasteiger charge is 2.29. The molecule has 0 aliphatic carbocycles. The monoisotopic (exact) mass is 346 g/mol. The molecule has 0 saturated carbocycles. The number of nitrogens with two attached hydrogens (primary N) is 1. The molecule has 2 atom stereocenters. The number of rotatable bonds is 5. The maximum atomic E-state index is 12.2. The van der Waals surface area contributed by atoms with Crippen LogP contribution in [0.3, 0.4) is 0 Å². The van der Waals surface area contributed by atoms with Gasteiger partial charge in [0, 0.05) is 17.3 Å². The lowest BCUT2D eigenvalue weighted by Gasteiger charge is -2.13. The summed E-state index contributed by atoms with van der Waals surface area (Å²) in [5.41, 5.74) is 6.25. The Morgan fingerprint density at radius 2 is 2.00 bits per heavy atom. The second-order valence-corrected chi connectivity index (χ2v) is 6.07. The number of ether oxygens (including phenoxy) is 2. The highest BCUT2D eigenvalue weighted by atomic mass is 35.5. The van der Waals surface area contributed by atoms with Crippen molar-refractivity contribution in [2.24, 2.45) is 5.73 Å². The molecule has 0 spiro atoms. The zero-order chi connectivity index (χ0) is 16.9. The number of nitrogens with one attached hydrogen (secondary N) is 1. The summed E-state index contributed by atoms with van der Waals surface area (Å²) < 4.78 is 11.3. The van der Waals surface area contributed by atoms with Gasteiger partial charge in [-0.2, -0.15) is 0 Å². The first-order chi connectivity index (χ1) is 11.6. The van der Waals surface area contributed by atoms with Crippen LogP contribution in [-0.2, 0) is 9.53 Å². The number of amides is 1. The van der Waals surface area contributed by atoms with Crippen molar-refractivity contribution in [2.75, 3.05) is 11.9 Å². The number of benzene rings is 2. The predicted molar refractivity (Wildman–Crippen MR) is 93.5 cm³/mol. The minimum atomic E-state index is -0.430. The summed E-state index contributed by atoms with van der Waals surface area (Å²) in [6.07, 6.45) is 1.07. The molecule has 2 aromatic rings. The third-order valence-electron chi connectivity index (χ3n) is 3.82. The van der Waals surface area contributed by atoms with Crippen LogP contribution < -0.4 is 15.8 Å². The minimum Gasteiger partial charge on any atom is -0.457 e. The summed E-state index contributed by atoms with van der Waals surface area (Å²) in [4.78, 5) is 12.2. The lowest BCUT2D eigenvalue weighted by molar-refractivity contribution is -0.126. The summed E-state index contributed by atoms with van der Waals surface area (Å²) in [6.45, 7) is 0.444. The van der Waals surface area contributed by atoms with Gasteiger partial charge in [0.2, 0.25) is 0 Å². The highest BCUT2D eigenvalue weighted by Crippen LogP contribution is 2.26. The summed E-state index contributed by atoms with van der Waals surface area (Å²) in [5, 5.41) is 3.46. The predicted octanol–water partition coefficient (Wildman–Crippen LogP) is 3.58. The summed E-state index contributed by atoms with van der Waals surface area (Å²) in [6, 6.07) is 14.3. The molecule has 1 fully saturated rings. The van der Waals surface area contributed by atoms with E-state index in [2.05, 4.69) is 5.32 Å². The van der Waals surface area contributed by atoms with E-state index in [4.69, 9.17) is 26.8 Å². The quantitative estimate of drug-likeness (QED) is 0.867. The van der Waals surface area contributed by atoms with Crippen molar-refractivity contribution in [3.8, 4) is 11.5 Å². The van der Waals surface area contributed by atoms with Crippen molar-refractivity contribution in [3.63, 3.8) is 0 Å². The maximum Gasteiger partial charge on any atom is 0.253 e. The number of hydrogen-bond donors (Lipinski definition) is 2. The summed E-state index contributed by atoms with van der Waals surface area (Å²) >= 11 is 5.93. The largest absolute Gasteiger partial charge is 0.457 e. The van der Waals surface area contributed by atoms with Gasteiger partial charge in [0.15, 0.2) is 0 Å². The van der Waals surface area contributed by atoms with Gasteiger partial charge >= 0.3 is 0 Å². The molecule has 3 N–H and O–H groups in total. The normalized spacial score (nSPS) is 19.9. The number of halogens is 1. The van der Waals surface area contributed by atoms with Crippen LogP contribution in [0.2, 0.25) is 5.02 Å². The lowest BCUT2D eigenvalue weighted by Crippen LogP contribution is -2.29. The molecule has 1 aliphatic heterocycles. The first-order valence-electron chi connectivity index (χ1n) is 7.84. The Bertz CT molecular complexity index is 706. The van der Waals surface area contributed by atoms with Crippen LogP contribution in [-0.4, -0.2) is 24.7 Å². The number of carbonyl (C=O) groups is 1. The van der Waals surface area contributed by atoms with Gasteiger partial charge < -0.3 is 20.5 Å². The van der Waals surface area contributed by atoms with Crippen molar-refractivity contribution < 1.29 is 14.3 Å². The molecule has 126 valence electrons. The molecular formula is C18H19ClN2O3. The molecule has 0 radical (unpaired) electrons. The Hall–Kier alpha value is -2.08. The van der Waals surface area contributed by atoms with Crippen LogP contribution in [0.1, 0.15) is 12.8 Å². The fourth-order valence-corrected chi connectivity index (χ4v) is 2.75. The molecule has 1 heterocycles. The van der Waals surface area contributed by atoms with Crippen molar-refractivity contribution in [1.29, 1.82) is 0 Å². The van der Waals surface area contributed by atoms with Gasteiger partial charge in [0.05, 0.1) is 6.10 Å². The van der Waals surface area contributed by atoms with E-state index in [1.165, 1.54) is 0 Å². The first kappa shape index (κ1) is 16.8. The molecule has 3 rings (SSSR count). The minimum absolute atomic E-state index is 0.0192. The molecule has 5 nitrogen and oxygen atoms in total. The zero-order valence-electron chi connectivity index (χ0n) is 13.1. The Kier molecular flexibility index (Phi) is 5.35. The maximum absolute atomic E-state index is 12.2. The molecule has 6 heteroatoms. The third-order valence-corrected chi connectivity index (χ3v) is 4.05. The van der Waals surface area contributed by atoms with Crippen molar-refractivity contribution in [3.05, 3.63) is 53.6 Å². The van der Waals surface area contributed by atoms with E-state index in [9.17, 15) is 4.79 Å². The van der Waals surface area contributed by atoms with Gasteiger partial charge in [-0.05, 0) is 55.3 Å². The SMILES string of the molecule is NC[C@H]1CC[C@@H](C(=O)Nc2ccc(Oc3cccc(Cl)c3)cc2)O1. The van der Waals surface area contributed by atoms with Crippen molar-refractivity contribution in [2.45, 2.75) is 25.0 Å². The van der Waals surface area contributed by atoms with Gasteiger partial charge in [0.1, 0.15) is 17.6 Å². The summed E-state index contributed by atoms with van der Waals surface area (Å²) in [7, 11) is 0. The Morgan fingerprint density at radius 3 is 2.67 bits per heavy atom. The Balaban J connectivity index is 1.57. The van der Waals surface area contributed by atoms with Crippen LogP contribution in [0.15, 0.2) is 48.5 Å². The third kappa shape index (κ3) is 4.26. The van der Waals surface area contributed by atoms with Crippen LogP contribution in [0.5, 0.6) is 11.5 Å². The number of carbonyl (C=O) groups excluding carboxylic acids is 1. The molecule has 0 unspecified atom stereocenters. The second-order valence-electron chi connectivity index (χ2n) is 5.63. The molecule has 1 saturated heterocycles. The highest BCUT2D eigenvalue weighted by molar-refractivity contribution is 6.30. The fraction of sp³-hybridized carbons (Fsp3) is 0.278. The molecular weight excluding hydrogens is 328 g/mol. The Morgan fingerprint density at radius 1 is 1.21 bits per heavy atom. The van der Waals surface area contributed by atoms with E-state index < -0.39 is 6.10 Å². The average Bonchev–Trinajstić information content (AvgIpc) is 3.06. The topological polar surface area (TPSA) is 73.6 Å². The van der Waals surface area contributed by atoms with Crippen LogP contribution >= 0.6 is 11.6 Å². The first-order valence-corrected chi connectivity index (χ1v) is 8.22. The van der Waals surface area contributed by atoms with E-state index in [-0.39, 0.29) is 12.0 Å². The number of hydrogen-bond acceptors (Lipinski definition) is 4. The summed E-state index contributed by atoms with van der Waals surface area (Å²) in [5.74, 6) is 1.18. The van der Waals surface area contributed by atoms with Crippen LogP contribution in [0.4, 0.5) is 5.69 Å². The van der Waals surface area contributed by atoms with Gasteiger partial charge in [0.25, 0.3) is 5.91 Å². The lowest BCUT2D eigenvalue weighted by atomic mass is 10.2. The number of anilines is 1. The molecule has 24 heavy (non-hydrogen) atoms. The van der Waals surface area contributed by atoms with Gasteiger partial charge in [-0.15, -0.1) is 0 Å². The van der Waals surface area contributed by atoms with E-state index >= 15 is 0 Å². The molecule has 1 amide bonds. The van der Waals surface area contributed by atoms with E-state index in [1.54, 1.807) is 36.4 Å². The molecule has 0 aromatic heterocycles. The fourth-order valence-electron chi connectivity index (χ4n) is 2.57. The molecule has 2 aromatic carbocycles. The molecule has 0 bridgehead atoms. The smallest absolute Gasteiger partial charge is 0.253 e. The second kappa shape index (κ2) is 7.66. The van der Waals surface area contributed by atoms with E-state index in [0.717, 1.165) is 6.42 Å². The van der Waals surface area contributed by atoms with Gasteiger partial charge in [-0.25, -0.2) is 0 Å². The standard InChI is InChI=1S/C18H19ClN2O3/c19-12-2-1-3-15(10-12)23-14-6-4-13(5-7-14)21-18(22)17-9-8-16(11-20)24-17/h1-7,10,16-17H,8-9,11,20H2,(H,21,22)/t16-,17+/m1/s1. The van der Waals surface area contributed by atoms with Crippen LogP contribution in [0, 0.1) is 0 Å². The van der Waals surface area contributed by atoms with Crippen molar-refractivity contribution >= 4 is 23.2 Å². The zero-order valence-corrected chi connectivity index (χ0v) is 13.8. The van der Waals surface area contributed by atoms with Gasteiger partial charge in [-0.3, -0.25) is 4.79 Å². The molecule has 1 aliphatic rings. The van der Waals surface area contributed by atoms with Crippen molar-refractivity contribution in [1.82, 2.24) is 0 Å². The van der Waals surface area contributed by atoms with E-state index in [1.807, 2.05) is 12.1 Å². The Labute approximate surface area is 145 Å². The van der Waals surface area contributed by atoms with Crippen LogP contribution in [0.25, 0.3) is 0 Å². The van der Waals surface area contributed by atoms with Gasteiger partial charge in [-0.1, -0.05) is 17.7 Å². The average molecular weight is 347 g/mol.